The molecule has 15 heavy (non-hydrogen) atoms. The third-order valence-electron chi connectivity index (χ3n) is 2.61. The summed E-state index contributed by atoms with van der Waals surface area (Å²) in [5.74, 6) is 1.35. The fourth-order valence-electron chi connectivity index (χ4n) is 1.48. The predicted octanol–water partition coefficient (Wildman–Crippen LogP) is 4.69. The van der Waals surface area contributed by atoms with Crippen LogP contribution in [0.4, 0.5) is 0 Å². The van der Waals surface area contributed by atoms with Gasteiger partial charge in [-0.05, 0) is 12.3 Å². The van der Waals surface area contributed by atoms with Gasteiger partial charge in [-0.3, -0.25) is 4.99 Å². The van der Waals surface area contributed by atoms with Crippen molar-refractivity contribution in [1.82, 2.24) is 0 Å². The van der Waals surface area contributed by atoms with E-state index in [0.29, 0.717) is 11.8 Å². The average molecular weight is 209 g/mol. The second-order valence-electron chi connectivity index (χ2n) is 5.26. The Morgan fingerprint density at radius 3 is 2.07 bits per heavy atom. The van der Waals surface area contributed by atoms with E-state index < -0.39 is 0 Å². The van der Waals surface area contributed by atoms with Crippen molar-refractivity contribution < 1.29 is 0 Å². The van der Waals surface area contributed by atoms with Gasteiger partial charge in [0.1, 0.15) is 0 Å². The van der Waals surface area contributed by atoms with Crippen LogP contribution in [-0.4, -0.2) is 6.21 Å². The Kier molecular flexibility index (Phi) is 5.85. The van der Waals surface area contributed by atoms with E-state index in [9.17, 15) is 0 Å². The molecule has 1 atom stereocenters. The van der Waals surface area contributed by atoms with E-state index in [4.69, 9.17) is 0 Å². The van der Waals surface area contributed by atoms with Gasteiger partial charge in [0.25, 0.3) is 0 Å². The lowest BCUT2D eigenvalue weighted by Gasteiger charge is -2.25. The molecule has 0 fully saturated rings. The molecule has 88 valence electrons. The first-order valence-electron chi connectivity index (χ1n) is 6.16. The Labute approximate surface area is 95.7 Å². The van der Waals surface area contributed by atoms with Gasteiger partial charge in [0.15, 0.2) is 0 Å². The van der Waals surface area contributed by atoms with Gasteiger partial charge in [-0.1, -0.05) is 54.5 Å². The molecule has 0 saturated heterocycles. The van der Waals surface area contributed by atoms with Crippen LogP contribution in [0.2, 0.25) is 0 Å². The van der Waals surface area contributed by atoms with E-state index in [-0.39, 0.29) is 5.41 Å². The maximum absolute atomic E-state index is 4.54. The van der Waals surface area contributed by atoms with Gasteiger partial charge in [0.05, 0.1) is 0 Å². The highest BCUT2D eigenvalue weighted by Gasteiger charge is 2.20. The summed E-state index contributed by atoms with van der Waals surface area (Å²) < 4.78 is 0. The lowest BCUT2D eigenvalue weighted by Crippen LogP contribution is -2.17. The summed E-state index contributed by atoms with van der Waals surface area (Å²) in [5, 5.41) is 0. The zero-order chi connectivity index (χ0) is 12.1. The molecule has 0 spiro atoms. The van der Waals surface area contributed by atoms with Crippen LogP contribution in [-0.2, 0) is 0 Å². The highest BCUT2D eigenvalue weighted by molar-refractivity contribution is 5.64. The summed E-state index contributed by atoms with van der Waals surface area (Å²) in [5.41, 5.74) is 1.45. The second kappa shape index (κ2) is 6.09. The molecule has 0 aromatic rings. The molecule has 0 aliphatic carbocycles. The molecule has 1 rings (SSSR count). The quantitative estimate of drug-likeness (QED) is 0.594. The van der Waals surface area contributed by atoms with Crippen LogP contribution in [0.1, 0.15) is 54.9 Å². The summed E-state index contributed by atoms with van der Waals surface area (Å²) in [7, 11) is 0. The van der Waals surface area contributed by atoms with Crippen molar-refractivity contribution in [2.75, 3.05) is 0 Å². The van der Waals surface area contributed by atoms with E-state index in [0.717, 1.165) is 6.42 Å². The van der Waals surface area contributed by atoms with Gasteiger partial charge in [0, 0.05) is 23.2 Å². The fraction of sp³-hybridized carbons (Fsp3) is 0.786. The monoisotopic (exact) mass is 209 g/mol. The SMILES string of the molecule is CC.CC(C)C1C=NC(C(C)(C)C)=CC1. The number of nitrogens with zero attached hydrogens (tertiary/aromatic N) is 1. The fourth-order valence-corrected chi connectivity index (χ4v) is 1.48. The Bertz CT molecular complexity index is 228. The third-order valence-corrected chi connectivity index (χ3v) is 2.61. The van der Waals surface area contributed by atoms with Crippen LogP contribution in [0, 0.1) is 17.3 Å². The van der Waals surface area contributed by atoms with Gasteiger partial charge in [0.2, 0.25) is 0 Å². The minimum Gasteiger partial charge on any atom is -0.265 e. The summed E-state index contributed by atoms with van der Waals surface area (Å²) in [6, 6.07) is 0. The molecule has 0 aromatic carbocycles. The third kappa shape index (κ3) is 4.63. The first-order chi connectivity index (χ1) is 6.91. The van der Waals surface area contributed by atoms with Crippen molar-refractivity contribution in [3.63, 3.8) is 0 Å². The number of aliphatic imine (C=N–C) groups is 1. The molecular formula is C14H27N. The summed E-state index contributed by atoms with van der Waals surface area (Å²) in [6.45, 7) is 15.2. The molecule has 0 bridgehead atoms. The minimum atomic E-state index is 0.207. The van der Waals surface area contributed by atoms with Gasteiger partial charge < -0.3 is 0 Å². The molecule has 1 unspecified atom stereocenters. The Morgan fingerprint density at radius 1 is 1.27 bits per heavy atom. The van der Waals surface area contributed by atoms with Gasteiger partial charge in [-0.2, -0.15) is 0 Å². The largest absolute Gasteiger partial charge is 0.265 e. The molecular weight excluding hydrogens is 182 g/mol. The van der Waals surface area contributed by atoms with Crippen molar-refractivity contribution in [3.8, 4) is 0 Å². The van der Waals surface area contributed by atoms with E-state index in [1.54, 1.807) is 0 Å². The number of hydrogen-bond acceptors (Lipinski definition) is 1. The zero-order valence-electron chi connectivity index (χ0n) is 11.5. The molecule has 1 aliphatic rings. The van der Waals surface area contributed by atoms with Crippen molar-refractivity contribution in [2.45, 2.75) is 54.9 Å². The van der Waals surface area contributed by atoms with Gasteiger partial charge in [-0.15, -0.1) is 0 Å². The van der Waals surface area contributed by atoms with E-state index in [1.165, 1.54) is 5.70 Å². The average Bonchev–Trinajstić information content (AvgIpc) is 2.20. The number of allylic oxidation sites excluding steroid dienone is 2. The smallest absolute Gasteiger partial charge is 0.0413 e. The van der Waals surface area contributed by atoms with Gasteiger partial charge >= 0.3 is 0 Å². The van der Waals surface area contributed by atoms with Crippen molar-refractivity contribution in [3.05, 3.63) is 11.8 Å². The Morgan fingerprint density at radius 2 is 1.80 bits per heavy atom. The van der Waals surface area contributed by atoms with Crippen LogP contribution < -0.4 is 0 Å². The van der Waals surface area contributed by atoms with Crippen LogP contribution in [0.5, 0.6) is 0 Å². The first-order valence-corrected chi connectivity index (χ1v) is 6.16. The summed E-state index contributed by atoms with van der Waals surface area (Å²) in [4.78, 5) is 4.54. The lowest BCUT2D eigenvalue weighted by molar-refractivity contribution is 0.463. The molecule has 0 saturated carbocycles. The van der Waals surface area contributed by atoms with E-state index >= 15 is 0 Å². The molecule has 0 amide bonds. The highest BCUT2D eigenvalue weighted by atomic mass is 14.8. The maximum atomic E-state index is 4.54. The molecule has 1 heterocycles. The van der Waals surface area contributed by atoms with Crippen molar-refractivity contribution in [1.29, 1.82) is 0 Å². The lowest BCUT2D eigenvalue weighted by atomic mass is 9.86. The molecule has 0 radical (unpaired) electrons. The molecule has 1 aliphatic heterocycles. The Hall–Kier alpha value is -0.590. The van der Waals surface area contributed by atoms with Gasteiger partial charge in [-0.25, -0.2) is 0 Å². The van der Waals surface area contributed by atoms with Crippen LogP contribution >= 0.6 is 0 Å². The van der Waals surface area contributed by atoms with E-state index in [2.05, 4.69) is 51.9 Å². The van der Waals surface area contributed by atoms with E-state index in [1.807, 2.05) is 13.8 Å². The predicted molar refractivity (Wildman–Crippen MR) is 70.3 cm³/mol. The standard InChI is InChI=1S/C12H21N.C2H6/c1-9(2)10-6-7-11(13-8-10)12(3,4)5;1-2/h7-10H,6H2,1-5H3;1-2H3. The zero-order valence-corrected chi connectivity index (χ0v) is 11.5. The molecule has 0 aromatic heterocycles. The van der Waals surface area contributed by atoms with Crippen LogP contribution in [0.25, 0.3) is 0 Å². The normalized spacial score (nSPS) is 20.8. The highest BCUT2D eigenvalue weighted by Crippen LogP contribution is 2.30. The summed E-state index contributed by atoms with van der Waals surface area (Å²) in [6.07, 6.45) is 5.59. The molecule has 1 nitrogen and oxygen atoms in total. The van der Waals surface area contributed by atoms with Crippen LogP contribution in [0.15, 0.2) is 16.8 Å². The number of hydrogen-bond donors (Lipinski definition) is 0. The maximum Gasteiger partial charge on any atom is 0.0413 e. The first kappa shape index (κ1) is 14.4. The topological polar surface area (TPSA) is 12.4 Å². The number of rotatable bonds is 1. The summed E-state index contributed by atoms with van der Waals surface area (Å²) >= 11 is 0. The molecule has 0 N–H and O–H groups in total. The van der Waals surface area contributed by atoms with Crippen molar-refractivity contribution in [2.24, 2.45) is 22.2 Å². The van der Waals surface area contributed by atoms with Crippen molar-refractivity contribution >= 4 is 6.21 Å². The Balaban J connectivity index is 0.000000921. The minimum absolute atomic E-state index is 0.207. The molecule has 1 heteroatoms. The second-order valence-corrected chi connectivity index (χ2v) is 5.26. The van der Waals surface area contributed by atoms with Crippen LogP contribution in [0.3, 0.4) is 0 Å².